The van der Waals surface area contributed by atoms with Crippen molar-refractivity contribution in [3.63, 3.8) is 0 Å². The van der Waals surface area contributed by atoms with Gasteiger partial charge in [0, 0.05) is 11.4 Å². The molecule has 0 amide bonds. The summed E-state index contributed by atoms with van der Waals surface area (Å²) in [6.45, 7) is 4.03. The summed E-state index contributed by atoms with van der Waals surface area (Å²) >= 11 is 0. The summed E-state index contributed by atoms with van der Waals surface area (Å²) in [5.74, 6) is 0.755. The van der Waals surface area contributed by atoms with Crippen molar-refractivity contribution in [1.82, 2.24) is 0 Å². The molecule has 0 atom stereocenters. The van der Waals surface area contributed by atoms with Crippen LogP contribution in [0.15, 0.2) is 36.0 Å². The van der Waals surface area contributed by atoms with Crippen molar-refractivity contribution in [3.05, 3.63) is 41.6 Å². The number of hydrogen-bond acceptors (Lipinski definition) is 2. The van der Waals surface area contributed by atoms with Crippen molar-refractivity contribution in [3.8, 4) is 0 Å². The first-order valence-electron chi connectivity index (χ1n) is 5.37. The fourth-order valence-corrected chi connectivity index (χ4v) is 1.22. The van der Waals surface area contributed by atoms with Crippen LogP contribution >= 0.6 is 0 Å². The van der Waals surface area contributed by atoms with Crippen LogP contribution < -0.4 is 11.5 Å². The van der Waals surface area contributed by atoms with Gasteiger partial charge in [-0.1, -0.05) is 23.8 Å². The molecule has 0 saturated heterocycles. The number of allylic oxidation sites excluding steroid dienone is 2. The third-order valence-corrected chi connectivity index (χ3v) is 2.46. The minimum Gasteiger partial charge on any atom is -0.402 e. The highest BCUT2D eigenvalue weighted by Gasteiger charge is 2.22. The van der Waals surface area contributed by atoms with Gasteiger partial charge in [-0.3, -0.25) is 0 Å². The molecule has 2 rings (SSSR count). The van der Waals surface area contributed by atoms with E-state index in [9.17, 15) is 0 Å². The van der Waals surface area contributed by atoms with Crippen LogP contribution in [0.25, 0.3) is 0 Å². The molecule has 1 fully saturated rings. The molecule has 82 valence electrons. The van der Waals surface area contributed by atoms with Crippen LogP contribution in [-0.4, -0.2) is 0 Å². The van der Waals surface area contributed by atoms with Gasteiger partial charge < -0.3 is 11.5 Å². The summed E-state index contributed by atoms with van der Waals surface area (Å²) in [7, 11) is 0. The van der Waals surface area contributed by atoms with Gasteiger partial charge in [0.2, 0.25) is 0 Å². The molecule has 0 aromatic heterocycles. The predicted molar refractivity (Wildman–Crippen MR) is 66.3 cm³/mol. The smallest absolute Gasteiger partial charge is 0.0314 e. The zero-order valence-corrected chi connectivity index (χ0v) is 9.53. The normalized spacial score (nSPS) is 15.5. The maximum Gasteiger partial charge on any atom is 0.0314 e. The molecule has 0 radical (unpaired) electrons. The van der Waals surface area contributed by atoms with Crippen LogP contribution in [0.4, 0.5) is 5.69 Å². The Morgan fingerprint density at radius 3 is 2.07 bits per heavy atom. The molecule has 15 heavy (non-hydrogen) atoms. The van der Waals surface area contributed by atoms with E-state index < -0.39 is 0 Å². The second-order valence-corrected chi connectivity index (χ2v) is 3.97. The Bertz CT molecular complexity index is 300. The quantitative estimate of drug-likeness (QED) is 0.691. The maximum absolute atomic E-state index is 5.54. The molecular weight excluding hydrogens is 184 g/mol. The number of nitrogen functional groups attached to an aromatic ring is 1. The summed E-state index contributed by atoms with van der Waals surface area (Å²) < 4.78 is 0. The molecule has 4 N–H and O–H groups in total. The number of nitrogens with two attached hydrogens (primary N) is 2. The molecular formula is C13H20N2. The van der Waals surface area contributed by atoms with Gasteiger partial charge in [-0.25, -0.2) is 0 Å². The molecule has 1 saturated carbocycles. The number of benzene rings is 1. The van der Waals surface area contributed by atoms with Crippen molar-refractivity contribution >= 4 is 5.69 Å². The summed E-state index contributed by atoms with van der Waals surface area (Å²) in [5.41, 5.74) is 14.1. The predicted octanol–water partition coefficient (Wildman–Crippen LogP) is 2.84. The van der Waals surface area contributed by atoms with Crippen molar-refractivity contribution in [2.75, 3.05) is 5.73 Å². The van der Waals surface area contributed by atoms with E-state index in [1.807, 2.05) is 44.2 Å². The molecule has 0 bridgehead atoms. The van der Waals surface area contributed by atoms with Gasteiger partial charge in [-0.05, 0) is 44.7 Å². The highest BCUT2D eigenvalue weighted by Crippen LogP contribution is 2.33. The molecule has 2 heteroatoms. The van der Waals surface area contributed by atoms with Gasteiger partial charge in [0.15, 0.2) is 0 Å². The Balaban J connectivity index is 0.000000151. The number of anilines is 1. The lowest BCUT2D eigenvalue weighted by atomic mass is 10.2. The van der Waals surface area contributed by atoms with Crippen molar-refractivity contribution < 1.29 is 0 Å². The van der Waals surface area contributed by atoms with Gasteiger partial charge in [-0.2, -0.15) is 0 Å². The number of rotatable bonds is 1. The Morgan fingerprint density at radius 1 is 1.27 bits per heavy atom. The van der Waals surface area contributed by atoms with E-state index in [1.54, 1.807) is 0 Å². The van der Waals surface area contributed by atoms with E-state index in [4.69, 9.17) is 11.5 Å². The molecule has 1 aliphatic carbocycles. The summed E-state index contributed by atoms with van der Waals surface area (Å²) in [6, 6.07) is 7.79. The summed E-state index contributed by atoms with van der Waals surface area (Å²) in [5, 5.41) is 0. The Kier molecular flexibility index (Phi) is 4.22. The molecule has 1 aromatic rings. The molecule has 0 spiro atoms. The Labute approximate surface area is 92.0 Å². The molecule has 0 heterocycles. The van der Waals surface area contributed by atoms with Gasteiger partial charge in [0.1, 0.15) is 0 Å². The second-order valence-electron chi connectivity index (χ2n) is 3.97. The first kappa shape index (κ1) is 11.6. The highest BCUT2D eigenvalue weighted by molar-refractivity contribution is 5.38. The van der Waals surface area contributed by atoms with Crippen LogP contribution in [-0.2, 0) is 0 Å². The standard InChI is InChI=1S/C7H9N.C6H11N/c1-6-2-4-7(8)5-3-6;1-2-6(7)5-3-4-5/h2-5H,8H2,1H3;2,5H,3-4,7H2,1H3/b;6-2+. The van der Waals surface area contributed by atoms with Gasteiger partial charge in [0.05, 0.1) is 0 Å². The first-order chi connectivity index (χ1) is 7.13. The molecule has 1 aromatic carbocycles. The topological polar surface area (TPSA) is 52.0 Å². The summed E-state index contributed by atoms with van der Waals surface area (Å²) in [6.07, 6.45) is 4.63. The second kappa shape index (κ2) is 5.44. The van der Waals surface area contributed by atoms with E-state index in [0.717, 1.165) is 17.3 Å². The third-order valence-electron chi connectivity index (χ3n) is 2.46. The minimum atomic E-state index is 0.755. The lowest BCUT2D eigenvalue weighted by Crippen LogP contribution is -1.96. The van der Waals surface area contributed by atoms with E-state index in [-0.39, 0.29) is 0 Å². The van der Waals surface area contributed by atoms with Crippen molar-refractivity contribution in [2.24, 2.45) is 11.7 Å². The average molecular weight is 204 g/mol. The lowest BCUT2D eigenvalue weighted by molar-refractivity contribution is 0.975. The zero-order valence-electron chi connectivity index (χ0n) is 9.53. The monoisotopic (exact) mass is 204 g/mol. The zero-order chi connectivity index (χ0) is 11.3. The van der Waals surface area contributed by atoms with Crippen LogP contribution in [0, 0.1) is 12.8 Å². The van der Waals surface area contributed by atoms with E-state index in [0.29, 0.717) is 0 Å². The van der Waals surface area contributed by atoms with Crippen LogP contribution in [0.5, 0.6) is 0 Å². The molecule has 2 nitrogen and oxygen atoms in total. The average Bonchev–Trinajstić information content (AvgIpc) is 3.06. The molecule has 1 aliphatic rings. The molecule has 0 unspecified atom stereocenters. The van der Waals surface area contributed by atoms with Crippen molar-refractivity contribution in [2.45, 2.75) is 26.7 Å². The molecule has 0 aliphatic heterocycles. The van der Waals surface area contributed by atoms with Crippen molar-refractivity contribution in [1.29, 1.82) is 0 Å². The van der Waals surface area contributed by atoms with Gasteiger partial charge in [-0.15, -0.1) is 0 Å². The Morgan fingerprint density at radius 2 is 1.80 bits per heavy atom. The van der Waals surface area contributed by atoms with Crippen LogP contribution in [0.1, 0.15) is 25.3 Å². The van der Waals surface area contributed by atoms with Crippen LogP contribution in [0.3, 0.4) is 0 Å². The fourth-order valence-electron chi connectivity index (χ4n) is 1.22. The number of aryl methyl sites for hydroxylation is 1. The lowest BCUT2D eigenvalue weighted by Gasteiger charge is -1.90. The SMILES string of the molecule is C/C=C(/N)C1CC1.Cc1ccc(N)cc1. The first-order valence-corrected chi connectivity index (χ1v) is 5.37. The number of hydrogen-bond donors (Lipinski definition) is 2. The summed E-state index contributed by atoms with van der Waals surface area (Å²) in [4.78, 5) is 0. The highest BCUT2D eigenvalue weighted by atomic mass is 14.6. The van der Waals surface area contributed by atoms with E-state index in [2.05, 4.69) is 0 Å². The van der Waals surface area contributed by atoms with E-state index >= 15 is 0 Å². The van der Waals surface area contributed by atoms with Crippen LogP contribution in [0.2, 0.25) is 0 Å². The fraction of sp³-hybridized carbons (Fsp3) is 0.385. The minimum absolute atomic E-state index is 0.755. The Hall–Kier alpha value is -1.44. The van der Waals surface area contributed by atoms with Gasteiger partial charge in [0.25, 0.3) is 0 Å². The van der Waals surface area contributed by atoms with E-state index in [1.165, 1.54) is 18.4 Å². The van der Waals surface area contributed by atoms with Gasteiger partial charge >= 0.3 is 0 Å². The largest absolute Gasteiger partial charge is 0.402 e. The maximum atomic E-state index is 5.54. The third kappa shape index (κ3) is 4.54.